The van der Waals surface area contributed by atoms with E-state index in [1.54, 1.807) is 0 Å². The summed E-state index contributed by atoms with van der Waals surface area (Å²) < 4.78 is 50.9. The molecule has 2 N–H and O–H groups in total. The maximum absolute atomic E-state index is 12.9. The van der Waals surface area contributed by atoms with Crippen molar-refractivity contribution in [1.29, 1.82) is 0 Å². The van der Waals surface area contributed by atoms with Crippen LogP contribution < -0.4 is 0 Å². The highest BCUT2D eigenvalue weighted by atomic mass is 19.4. The largest absolute Gasteiger partial charge is 0.481 e. The summed E-state index contributed by atoms with van der Waals surface area (Å²) in [7, 11) is 0. The first kappa shape index (κ1) is 12.4. The number of benzene rings is 1. The average Bonchev–Trinajstić information content (AvgIpc) is 2.58. The zero-order valence-corrected chi connectivity index (χ0v) is 8.75. The minimum atomic E-state index is -4.91. The summed E-state index contributed by atoms with van der Waals surface area (Å²) in [5.74, 6) is -5.24. The van der Waals surface area contributed by atoms with E-state index in [0.29, 0.717) is 0 Å². The summed E-state index contributed by atoms with van der Waals surface area (Å²) >= 11 is 0. The number of alkyl halides is 3. The Morgan fingerprint density at radius 1 is 1.33 bits per heavy atom. The van der Waals surface area contributed by atoms with Crippen LogP contribution in [0.1, 0.15) is 11.5 Å². The van der Waals surface area contributed by atoms with Crippen molar-refractivity contribution in [3.8, 4) is 0 Å². The van der Waals surface area contributed by atoms with Gasteiger partial charge in [0.1, 0.15) is 5.82 Å². The smallest absolute Gasteiger partial charge is 0.406 e. The van der Waals surface area contributed by atoms with Crippen LogP contribution in [0, 0.1) is 5.82 Å². The Morgan fingerprint density at radius 2 is 2.00 bits per heavy atom. The minimum Gasteiger partial charge on any atom is -0.481 e. The van der Waals surface area contributed by atoms with E-state index in [9.17, 15) is 22.4 Å². The molecular formula is C11H7F4NO2. The SMILES string of the molecule is O=C(O)C(c1c[nH]c2cc(F)ccc12)C(F)(F)F. The standard InChI is InChI=1S/C11H7F4NO2/c12-5-1-2-6-7(4-16-8(6)3-5)9(10(17)18)11(13,14)15/h1-4,9,16H,(H,17,18). The first-order valence-electron chi connectivity index (χ1n) is 4.87. The molecule has 0 aliphatic rings. The topological polar surface area (TPSA) is 53.1 Å². The summed E-state index contributed by atoms with van der Waals surface area (Å²) in [6, 6.07) is 3.11. The molecule has 1 atom stereocenters. The van der Waals surface area contributed by atoms with Crippen molar-refractivity contribution < 1.29 is 27.5 Å². The van der Waals surface area contributed by atoms with Gasteiger partial charge in [0.05, 0.1) is 0 Å². The van der Waals surface area contributed by atoms with Crippen LogP contribution in [0.5, 0.6) is 0 Å². The quantitative estimate of drug-likeness (QED) is 0.816. The van der Waals surface area contributed by atoms with Crippen LogP contribution in [-0.2, 0) is 4.79 Å². The number of aromatic amines is 1. The third-order valence-corrected chi connectivity index (χ3v) is 2.56. The molecule has 96 valence electrons. The molecule has 0 fully saturated rings. The van der Waals surface area contributed by atoms with Gasteiger partial charge in [0.25, 0.3) is 0 Å². The molecule has 0 radical (unpaired) electrons. The number of aromatic nitrogens is 1. The molecule has 7 heteroatoms. The van der Waals surface area contributed by atoms with Crippen molar-refractivity contribution in [2.45, 2.75) is 12.1 Å². The van der Waals surface area contributed by atoms with Crippen molar-refractivity contribution >= 4 is 16.9 Å². The van der Waals surface area contributed by atoms with Gasteiger partial charge >= 0.3 is 12.1 Å². The summed E-state index contributed by atoms with van der Waals surface area (Å²) in [4.78, 5) is 13.2. The van der Waals surface area contributed by atoms with Crippen molar-refractivity contribution in [2.75, 3.05) is 0 Å². The summed E-state index contributed by atoms with van der Waals surface area (Å²) in [6.45, 7) is 0. The lowest BCUT2D eigenvalue weighted by atomic mass is 9.98. The zero-order chi connectivity index (χ0) is 13.5. The number of carboxylic acids is 1. The van der Waals surface area contributed by atoms with Crippen molar-refractivity contribution in [3.05, 3.63) is 35.8 Å². The van der Waals surface area contributed by atoms with Gasteiger partial charge in [-0.3, -0.25) is 4.79 Å². The second-order valence-electron chi connectivity index (χ2n) is 3.75. The lowest BCUT2D eigenvalue weighted by Crippen LogP contribution is -2.28. The van der Waals surface area contributed by atoms with Crippen LogP contribution in [0.25, 0.3) is 10.9 Å². The van der Waals surface area contributed by atoms with Crippen LogP contribution >= 0.6 is 0 Å². The molecule has 1 unspecified atom stereocenters. The number of carboxylic acid groups (broad SMARTS) is 1. The van der Waals surface area contributed by atoms with E-state index in [1.165, 1.54) is 0 Å². The molecule has 0 saturated heterocycles. The fourth-order valence-electron chi connectivity index (χ4n) is 1.81. The third kappa shape index (κ3) is 2.03. The van der Waals surface area contributed by atoms with E-state index in [2.05, 4.69) is 4.98 Å². The Kier molecular flexibility index (Phi) is 2.76. The lowest BCUT2D eigenvalue weighted by molar-refractivity contribution is -0.176. The number of nitrogens with one attached hydrogen (secondary N) is 1. The van der Waals surface area contributed by atoms with Gasteiger partial charge < -0.3 is 10.1 Å². The van der Waals surface area contributed by atoms with Crippen molar-refractivity contribution in [1.82, 2.24) is 4.98 Å². The van der Waals surface area contributed by atoms with Crippen LogP contribution in [0.4, 0.5) is 17.6 Å². The number of fused-ring (bicyclic) bond motifs is 1. The van der Waals surface area contributed by atoms with E-state index >= 15 is 0 Å². The summed E-state index contributed by atoms with van der Waals surface area (Å²) in [6.07, 6.45) is -3.97. The van der Waals surface area contributed by atoms with Crippen LogP contribution in [-0.4, -0.2) is 22.2 Å². The highest BCUT2D eigenvalue weighted by molar-refractivity contribution is 5.89. The number of H-pyrrole nitrogens is 1. The molecule has 2 aromatic rings. The van der Waals surface area contributed by atoms with E-state index in [1.807, 2.05) is 0 Å². The molecule has 1 aromatic heterocycles. The number of carbonyl (C=O) groups is 1. The second-order valence-corrected chi connectivity index (χ2v) is 3.75. The first-order chi connectivity index (χ1) is 8.30. The van der Waals surface area contributed by atoms with Crippen LogP contribution in [0.15, 0.2) is 24.4 Å². The predicted molar refractivity (Wildman–Crippen MR) is 54.7 cm³/mol. The summed E-state index contributed by atoms with van der Waals surface area (Å²) in [5.41, 5.74) is -0.300. The molecule has 18 heavy (non-hydrogen) atoms. The molecule has 2 rings (SSSR count). The molecular weight excluding hydrogens is 254 g/mol. The average molecular weight is 261 g/mol. The second kappa shape index (κ2) is 4.01. The fourth-order valence-corrected chi connectivity index (χ4v) is 1.81. The lowest BCUT2D eigenvalue weighted by Gasteiger charge is -2.15. The highest BCUT2D eigenvalue weighted by Crippen LogP contribution is 2.38. The normalized spacial score (nSPS) is 13.8. The Hall–Kier alpha value is -2.05. The molecule has 1 aromatic carbocycles. The number of aliphatic carboxylic acids is 1. The van der Waals surface area contributed by atoms with Gasteiger partial charge in [0, 0.05) is 22.7 Å². The first-order valence-corrected chi connectivity index (χ1v) is 4.87. The molecule has 0 saturated carbocycles. The fraction of sp³-hybridized carbons (Fsp3) is 0.182. The highest BCUT2D eigenvalue weighted by Gasteiger charge is 2.47. The van der Waals surface area contributed by atoms with Gasteiger partial charge in [0.2, 0.25) is 0 Å². The molecule has 0 amide bonds. The Labute approximate surface area is 98.0 Å². The van der Waals surface area contributed by atoms with E-state index in [0.717, 1.165) is 24.4 Å². The summed E-state index contributed by atoms with van der Waals surface area (Å²) in [5, 5.41) is 8.73. The molecule has 0 spiro atoms. The molecule has 0 aliphatic carbocycles. The Morgan fingerprint density at radius 3 is 2.56 bits per heavy atom. The Balaban J connectivity index is 2.62. The van der Waals surface area contributed by atoms with E-state index in [-0.39, 0.29) is 10.9 Å². The third-order valence-electron chi connectivity index (χ3n) is 2.56. The maximum atomic E-state index is 12.9. The number of hydrogen-bond donors (Lipinski definition) is 2. The van der Waals surface area contributed by atoms with Gasteiger partial charge in [-0.2, -0.15) is 13.2 Å². The molecule has 1 heterocycles. The van der Waals surface area contributed by atoms with Gasteiger partial charge in [-0.1, -0.05) is 0 Å². The number of halogens is 4. The van der Waals surface area contributed by atoms with Crippen molar-refractivity contribution in [3.63, 3.8) is 0 Å². The molecule has 3 nitrogen and oxygen atoms in total. The predicted octanol–water partition coefficient (Wildman–Crippen LogP) is 3.04. The van der Waals surface area contributed by atoms with Crippen molar-refractivity contribution in [2.24, 2.45) is 0 Å². The van der Waals surface area contributed by atoms with Gasteiger partial charge in [0.15, 0.2) is 5.92 Å². The van der Waals surface area contributed by atoms with Gasteiger partial charge in [-0.05, 0) is 18.2 Å². The van der Waals surface area contributed by atoms with Gasteiger partial charge in [-0.15, -0.1) is 0 Å². The van der Waals surface area contributed by atoms with Gasteiger partial charge in [-0.25, -0.2) is 4.39 Å². The Bertz CT molecular complexity index is 603. The van der Waals surface area contributed by atoms with Crippen LogP contribution in [0.2, 0.25) is 0 Å². The van der Waals surface area contributed by atoms with Crippen LogP contribution in [0.3, 0.4) is 0 Å². The molecule has 0 bridgehead atoms. The maximum Gasteiger partial charge on any atom is 0.406 e. The monoisotopic (exact) mass is 261 g/mol. The van der Waals surface area contributed by atoms with E-state index in [4.69, 9.17) is 5.11 Å². The number of rotatable bonds is 2. The minimum absolute atomic E-state index is 0.0427. The zero-order valence-electron chi connectivity index (χ0n) is 8.75. The number of hydrogen-bond acceptors (Lipinski definition) is 1. The molecule has 0 aliphatic heterocycles. The van der Waals surface area contributed by atoms with E-state index < -0.39 is 29.4 Å².